The molecule has 0 unspecified atom stereocenters. The first-order valence-corrected chi connectivity index (χ1v) is 7.93. The highest BCUT2D eigenvalue weighted by Crippen LogP contribution is 2.22. The van der Waals surface area contributed by atoms with Gasteiger partial charge in [0.25, 0.3) is 5.91 Å². The van der Waals surface area contributed by atoms with Gasteiger partial charge in [0.1, 0.15) is 6.04 Å². The lowest BCUT2D eigenvalue weighted by molar-refractivity contribution is -0.684. The van der Waals surface area contributed by atoms with Crippen molar-refractivity contribution >= 4 is 11.6 Å². The fourth-order valence-corrected chi connectivity index (χ4v) is 2.54. The van der Waals surface area contributed by atoms with Crippen LogP contribution in [0.15, 0.2) is 41.0 Å². The van der Waals surface area contributed by atoms with Gasteiger partial charge in [-0.25, -0.2) is 0 Å². The van der Waals surface area contributed by atoms with Crippen molar-refractivity contribution in [2.75, 3.05) is 11.9 Å². The third-order valence-electron chi connectivity index (χ3n) is 3.91. The summed E-state index contributed by atoms with van der Waals surface area (Å²) in [6, 6.07) is 10.1. The summed E-state index contributed by atoms with van der Waals surface area (Å²) >= 11 is 0. The third kappa shape index (κ3) is 3.98. The highest BCUT2D eigenvalue weighted by Gasteiger charge is 2.15. The van der Waals surface area contributed by atoms with E-state index in [1.165, 1.54) is 11.1 Å². The maximum atomic E-state index is 12.2. The van der Waals surface area contributed by atoms with Crippen LogP contribution < -0.4 is 10.6 Å². The van der Waals surface area contributed by atoms with E-state index < -0.39 is 0 Å². The molecule has 0 aliphatic rings. The fourth-order valence-electron chi connectivity index (χ4n) is 2.54. The maximum absolute atomic E-state index is 12.2. The number of nitrogens with one attached hydrogen (secondary N) is 1. The molecule has 4 nitrogen and oxygen atoms in total. The Morgan fingerprint density at radius 3 is 2.41 bits per heavy atom. The molecule has 1 atom stereocenters. The second-order valence-electron chi connectivity index (χ2n) is 5.45. The molecule has 2 aromatic rings. The number of amides is 1. The summed E-state index contributed by atoms with van der Waals surface area (Å²) in [5.74, 6) is 0.907. The SMILES string of the molecule is CCc1cccc(CC)c1NC(=O)C[NH2+][C@@H](C)c1ccco1. The first-order valence-electron chi connectivity index (χ1n) is 7.93. The normalized spacial score (nSPS) is 12.1. The molecule has 1 heterocycles. The van der Waals surface area contributed by atoms with Crippen molar-refractivity contribution < 1.29 is 14.5 Å². The number of anilines is 1. The molecule has 0 aliphatic carbocycles. The quantitative estimate of drug-likeness (QED) is 0.826. The van der Waals surface area contributed by atoms with Crippen LogP contribution >= 0.6 is 0 Å². The zero-order valence-corrected chi connectivity index (χ0v) is 13.6. The highest BCUT2D eigenvalue weighted by molar-refractivity contribution is 5.93. The van der Waals surface area contributed by atoms with Gasteiger partial charge in [-0.2, -0.15) is 0 Å². The number of para-hydroxylation sites is 1. The van der Waals surface area contributed by atoms with Gasteiger partial charge >= 0.3 is 0 Å². The number of nitrogens with two attached hydrogens (primary N) is 1. The minimum atomic E-state index is 0.0222. The number of rotatable bonds is 7. The standard InChI is InChI=1S/C18H24N2O2/c1-4-14-8-6-9-15(5-2)18(14)20-17(21)12-19-13(3)16-10-7-11-22-16/h6-11,13,19H,4-5,12H2,1-3H3,(H,20,21)/p+1/t13-/m0/s1. The van der Waals surface area contributed by atoms with E-state index in [0.29, 0.717) is 6.54 Å². The molecule has 0 aliphatic heterocycles. The molecule has 0 bridgehead atoms. The van der Waals surface area contributed by atoms with Crippen molar-refractivity contribution in [3.8, 4) is 0 Å². The molecule has 4 heteroatoms. The van der Waals surface area contributed by atoms with E-state index in [-0.39, 0.29) is 11.9 Å². The van der Waals surface area contributed by atoms with Gasteiger partial charge in [-0.15, -0.1) is 0 Å². The van der Waals surface area contributed by atoms with Crippen LogP contribution in [0.25, 0.3) is 0 Å². The van der Waals surface area contributed by atoms with Crippen molar-refractivity contribution in [1.29, 1.82) is 0 Å². The predicted octanol–water partition coefficient (Wildman–Crippen LogP) is 2.67. The monoisotopic (exact) mass is 301 g/mol. The summed E-state index contributed by atoms with van der Waals surface area (Å²) in [4.78, 5) is 12.2. The molecule has 2 rings (SSSR count). The molecule has 22 heavy (non-hydrogen) atoms. The molecule has 118 valence electrons. The van der Waals surface area contributed by atoms with Gasteiger partial charge in [-0.1, -0.05) is 32.0 Å². The van der Waals surface area contributed by atoms with Crippen molar-refractivity contribution in [3.63, 3.8) is 0 Å². The predicted molar refractivity (Wildman–Crippen MR) is 87.7 cm³/mol. The summed E-state index contributed by atoms with van der Waals surface area (Å²) in [6.45, 7) is 6.62. The Kier molecular flexibility index (Phi) is 5.78. The average Bonchev–Trinajstić information content (AvgIpc) is 3.07. The van der Waals surface area contributed by atoms with E-state index in [2.05, 4.69) is 37.4 Å². The van der Waals surface area contributed by atoms with E-state index >= 15 is 0 Å². The summed E-state index contributed by atoms with van der Waals surface area (Å²) in [5, 5.41) is 5.06. The second kappa shape index (κ2) is 7.80. The number of benzene rings is 1. The maximum Gasteiger partial charge on any atom is 0.279 e. The molecular formula is C18H25N2O2+. The molecule has 3 N–H and O–H groups in total. The summed E-state index contributed by atoms with van der Waals surface area (Å²) in [5.41, 5.74) is 3.36. The van der Waals surface area contributed by atoms with E-state index in [4.69, 9.17) is 4.42 Å². The van der Waals surface area contributed by atoms with Crippen molar-refractivity contribution in [3.05, 3.63) is 53.5 Å². The minimum absolute atomic E-state index is 0.0222. The molecule has 0 spiro atoms. The van der Waals surface area contributed by atoms with Crippen molar-refractivity contribution in [2.24, 2.45) is 0 Å². The Balaban J connectivity index is 1.97. The van der Waals surface area contributed by atoms with Crippen LogP contribution in [0.1, 0.15) is 43.7 Å². The Bertz CT molecular complexity index is 583. The van der Waals surface area contributed by atoms with Gasteiger partial charge in [0, 0.05) is 5.69 Å². The Labute approximate surface area is 131 Å². The second-order valence-corrected chi connectivity index (χ2v) is 5.45. The zero-order valence-electron chi connectivity index (χ0n) is 13.6. The van der Waals surface area contributed by atoms with Gasteiger partial charge in [-0.05, 0) is 43.0 Å². The summed E-state index contributed by atoms with van der Waals surface area (Å²) in [6.07, 6.45) is 3.48. The summed E-state index contributed by atoms with van der Waals surface area (Å²) in [7, 11) is 0. The van der Waals surface area contributed by atoms with Gasteiger partial charge in [-0.3, -0.25) is 4.79 Å². The average molecular weight is 301 g/mol. The number of quaternary nitrogens is 1. The van der Waals surface area contributed by atoms with Crippen LogP contribution in [0.3, 0.4) is 0 Å². The van der Waals surface area contributed by atoms with Gasteiger partial charge in [0.15, 0.2) is 12.3 Å². The lowest BCUT2D eigenvalue weighted by Crippen LogP contribution is -2.86. The minimum Gasteiger partial charge on any atom is -0.463 e. The Morgan fingerprint density at radius 1 is 1.18 bits per heavy atom. The Hall–Kier alpha value is -2.07. The van der Waals surface area contributed by atoms with E-state index in [0.717, 1.165) is 24.3 Å². The van der Waals surface area contributed by atoms with E-state index in [1.807, 2.05) is 24.4 Å². The van der Waals surface area contributed by atoms with Gasteiger partial charge < -0.3 is 15.1 Å². The van der Waals surface area contributed by atoms with Crippen LogP contribution in [0.4, 0.5) is 5.69 Å². The molecule has 0 saturated heterocycles. The third-order valence-corrected chi connectivity index (χ3v) is 3.91. The van der Waals surface area contributed by atoms with Crippen molar-refractivity contribution in [2.45, 2.75) is 39.7 Å². The molecule has 0 saturated carbocycles. The molecule has 1 aromatic heterocycles. The van der Waals surface area contributed by atoms with Crippen LogP contribution in [-0.4, -0.2) is 12.5 Å². The van der Waals surface area contributed by atoms with E-state index in [1.54, 1.807) is 6.26 Å². The number of carbonyl (C=O) groups excluding carboxylic acids is 1. The van der Waals surface area contributed by atoms with Crippen LogP contribution in [0.2, 0.25) is 0 Å². The Morgan fingerprint density at radius 2 is 1.86 bits per heavy atom. The molecule has 1 aromatic carbocycles. The van der Waals surface area contributed by atoms with Crippen LogP contribution in [-0.2, 0) is 17.6 Å². The van der Waals surface area contributed by atoms with Crippen LogP contribution in [0.5, 0.6) is 0 Å². The zero-order chi connectivity index (χ0) is 15.9. The van der Waals surface area contributed by atoms with Gasteiger partial charge in [0.2, 0.25) is 0 Å². The first kappa shape index (κ1) is 16.3. The van der Waals surface area contributed by atoms with Gasteiger partial charge in [0.05, 0.1) is 6.26 Å². The fraction of sp³-hybridized carbons (Fsp3) is 0.389. The molecule has 1 amide bonds. The van der Waals surface area contributed by atoms with E-state index in [9.17, 15) is 4.79 Å². The number of hydrogen-bond donors (Lipinski definition) is 2. The lowest BCUT2D eigenvalue weighted by atomic mass is 10.0. The topological polar surface area (TPSA) is 58.9 Å². The largest absolute Gasteiger partial charge is 0.463 e. The highest BCUT2D eigenvalue weighted by atomic mass is 16.3. The number of hydrogen-bond acceptors (Lipinski definition) is 2. The van der Waals surface area contributed by atoms with Crippen molar-refractivity contribution in [1.82, 2.24) is 0 Å². The summed E-state index contributed by atoms with van der Waals surface area (Å²) < 4.78 is 5.36. The smallest absolute Gasteiger partial charge is 0.279 e. The lowest BCUT2D eigenvalue weighted by Gasteiger charge is -2.14. The first-order chi connectivity index (χ1) is 10.7. The molecular weight excluding hydrogens is 276 g/mol. The number of furan rings is 1. The molecule has 0 fully saturated rings. The molecule has 0 radical (unpaired) electrons. The number of aryl methyl sites for hydroxylation is 2. The number of carbonyl (C=O) groups is 1. The van der Waals surface area contributed by atoms with Crippen LogP contribution in [0, 0.1) is 0 Å².